The molecular weight excluding hydrogens is 366 g/mol. The van der Waals surface area contributed by atoms with Crippen LogP contribution in [0.25, 0.3) is 10.8 Å². The molecule has 1 aliphatic rings. The van der Waals surface area contributed by atoms with Gasteiger partial charge < -0.3 is 14.7 Å². The number of carbonyl (C=O) groups excluding carboxylic acids is 1. The lowest BCUT2D eigenvalue weighted by molar-refractivity contribution is -0.148. The number of hydrogen-bond acceptors (Lipinski definition) is 3. The van der Waals surface area contributed by atoms with Gasteiger partial charge in [-0.1, -0.05) is 60.7 Å². The minimum Gasteiger partial charge on any atom is -0.484 e. The van der Waals surface area contributed by atoms with Gasteiger partial charge in [0.15, 0.2) is 6.61 Å². The molecule has 0 radical (unpaired) electrons. The summed E-state index contributed by atoms with van der Waals surface area (Å²) in [5, 5.41) is 12.1. The first-order chi connectivity index (χ1) is 14.1. The van der Waals surface area contributed by atoms with Crippen molar-refractivity contribution in [2.75, 3.05) is 19.7 Å². The Morgan fingerprint density at radius 1 is 0.897 bits per heavy atom. The van der Waals surface area contributed by atoms with Crippen LogP contribution >= 0.6 is 0 Å². The summed E-state index contributed by atoms with van der Waals surface area (Å²) in [6, 6.07) is 23.0. The second-order valence-corrected chi connectivity index (χ2v) is 7.43. The molecule has 0 aromatic heterocycles. The molecule has 1 N–H and O–H groups in total. The fourth-order valence-electron chi connectivity index (χ4n) is 4.01. The summed E-state index contributed by atoms with van der Waals surface area (Å²) in [7, 11) is 0. The summed E-state index contributed by atoms with van der Waals surface area (Å²) in [4.78, 5) is 26.3. The molecule has 0 aliphatic carbocycles. The molecule has 0 bridgehead atoms. The zero-order valence-electron chi connectivity index (χ0n) is 16.1. The van der Waals surface area contributed by atoms with Crippen LogP contribution in [-0.4, -0.2) is 41.6 Å². The Bertz CT molecular complexity index is 1020. The Balaban J connectivity index is 1.39. The van der Waals surface area contributed by atoms with E-state index < -0.39 is 11.4 Å². The molecule has 0 spiro atoms. The molecule has 5 nitrogen and oxygen atoms in total. The van der Waals surface area contributed by atoms with Crippen molar-refractivity contribution in [3.8, 4) is 5.75 Å². The molecule has 3 aromatic carbocycles. The Morgan fingerprint density at radius 3 is 2.24 bits per heavy atom. The first kappa shape index (κ1) is 19.0. The molecule has 1 aliphatic heterocycles. The van der Waals surface area contributed by atoms with Gasteiger partial charge in [-0.25, -0.2) is 0 Å². The summed E-state index contributed by atoms with van der Waals surface area (Å²) in [6.07, 6.45) is 0.794. The quantitative estimate of drug-likeness (QED) is 0.720. The van der Waals surface area contributed by atoms with Crippen molar-refractivity contribution in [3.63, 3.8) is 0 Å². The number of rotatable bonds is 5. The van der Waals surface area contributed by atoms with E-state index in [1.165, 1.54) is 0 Å². The number of fused-ring (bicyclic) bond motifs is 1. The van der Waals surface area contributed by atoms with Crippen LogP contribution in [-0.2, 0) is 15.0 Å². The fourth-order valence-corrected chi connectivity index (χ4v) is 4.01. The van der Waals surface area contributed by atoms with Gasteiger partial charge in [0.05, 0.1) is 5.41 Å². The van der Waals surface area contributed by atoms with E-state index in [0.717, 1.165) is 16.3 Å². The zero-order chi connectivity index (χ0) is 20.3. The molecule has 5 heteroatoms. The number of benzene rings is 3. The first-order valence-corrected chi connectivity index (χ1v) is 9.77. The van der Waals surface area contributed by atoms with E-state index in [0.29, 0.717) is 31.7 Å². The number of nitrogens with zero attached hydrogens (tertiary/aromatic N) is 1. The Morgan fingerprint density at radius 2 is 1.55 bits per heavy atom. The molecule has 148 valence electrons. The van der Waals surface area contributed by atoms with Gasteiger partial charge in [0.25, 0.3) is 5.91 Å². The highest BCUT2D eigenvalue weighted by atomic mass is 16.5. The minimum atomic E-state index is -0.933. The predicted octanol–water partition coefficient (Wildman–Crippen LogP) is 3.86. The van der Waals surface area contributed by atoms with E-state index in [9.17, 15) is 14.7 Å². The number of carboxylic acid groups (broad SMARTS) is 1. The normalized spacial score (nSPS) is 15.8. The van der Waals surface area contributed by atoms with Crippen LogP contribution in [0.3, 0.4) is 0 Å². The van der Waals surface area contributed by atoms with Gasteiger partial charge in [-0.3, -0.25) is 9.59 Å². The van der Waals surface area contributed by atoms with Crippen LogP contribution in [0.2, 0.25) is 0 Å². The number of ether oxygens (including phenoxy) is 1. The molecule has 29 heavy (non-hydrogen) atoms. The van der Waals surface area contributed by atoms with E-state index in [2.05, 4.69) is 0 Å². The molecule has 1 saturated heterocycles. The maximum atomic E-state index is 12.6. The van der Waals surface area contributed by atoms with E-state index in [1.54, 1.807) is 4.90 Å². The third kappa shape index (κ3) is 3.81. The molecule has 1 heterocycles. The highest BCUT2D eigenvalue weighted by molar-refractivity contribution is 5.84. The SMILES string of the molecule is O=C(COc1ccc2ccccc2c1)N1CCC(C(=O)O)(c2ccccc2)CC1. The zero-order valence-corrected chi connectivity index (χ0v) is 16.1. The van der Waals surface area contributed by atoms with Crippen molar-refractivity contribution in [1.29, 1.82) is 0 Å². The van der Waals surface area contributed by atoms with Crippen LogP contribution in [0.5, 0.6) is 5.75 Å². The first-order valence-electron chi connectivity index (χ1n) is 9.77. The largest absolute Gasteiger partial charge is 0.484 e. The highest BCUT2D eigenvalue weighted by Gasteiger charge is 2.43. The topological polar surface area (TPSA) is 66.8 Å². The fraction of sp³-hybridized carbons (Fsp3) is 0.250. The number of likely N-dealkylation sites (tertiary alicyclic amines) is 1. The smallest absolute Gasteiger partial charge is 0.314 e. The third-order valence-corrected chi connectivity index (χ3v) is 5.79. The summed E-state index contributed by atoms with van der Waals surface area (Å²) in [5.41, 5.74) is -0.135. The number of aliphatic carboxylic acids is 1. The molecule has 3 aromatic rings. The standard InChI is InChI=1S/C24H23NO4/c26-22(17-29-21-11-10-18-6-4-5-7-19(18)16-21)25-14-12-24(13-15-25,23(27)28)20-8-2-1-3-9-20/h1-11,16H,12-15,17H2,(H,27,28). The lowest BCUT2D eigenvalue weighted by Crippen LogP contribution is -2.50. The second-order valence-electron chi connectivity index (χ2n) is 7.43. The Hall–Kier alpha value is -3.34. The molecule has 0 saturated carbocycles. The van der Waals surface area contributed by atoms with Crippen LogP contribution in [0.4, 0.5) is 0 Å². The van der Waals surface area contributed by atoms with E-state index >= 15 is 0 Å². The number of hydrogen-bond donors (Lipinski definition) is 1. The summed E-state index contributed by atoms with van der Waals surface area (Å²) < 4.78 is 5.71. The number of amides is 1. The number of carbonyl (C=O) groups is 2. The average molecular weight is 389 g/mol. The van der Waals surface area contributed by atoms with Crippen molar-refractivity contribution in [3.05, 3.63) is 78.4 Å². The van der Waals surface area contributed by atoms with Crippen LogP contribution in [0.15, 0.2) is 72.8 Å². The molecule has 4 rings (SSSR count). The molecule has 1 fully saturated rings. The van der Waals surface area contributed by atoms with Crippen molar-refractivity contribution in [2.24, 2.45) is 0 Å². The number of piperidine rings is 1. The predicted molar refractivity (Wildman–Crippen MR) is 111 cm³/mol. The van der Waals surface area contributed by atoms with Gasteiger partial charge >= 0.3 is 5.97 Å². The summed E-state index contributed by atoms with van der Waals surface area (Å²) >= 11 is 0. The minimum absolute atomic E-state index is 0.0518. The molecular formula is C24H23NO4. The molecule has 0 unspecified atom stereocenters. The van der Waals surface area contributed by atoms with E-state index in [4.69, 9.17) is 4.74 Å². The lowest BCUT2D eigenvalue weighted by atomic mass is 9.73. The highest BCUT2D eigenvalue weighted by Crippen LogP contribution is 2.36. The number of carboxylic acids is 1. The maximum Gasteiger partial charge on any atom is 0.314 e. The van der Waals surface area contributed by atoms with Gasteiger partial charge in [0.1, 0.15) is 5.75 Å². The van der Waals surface area contributed by atoms with Crippen LogP contribution in [0.1, 0.15) is 18.4 Å². The van der Waals surface area contributed by atoms with Crippen molar-refractivity contribution in [2.45, 2.75) is 18.3 Å². The van der Waals surface area contributed by atoms with E-state index in [-0.39, 0.29) is 12.5 Å². The van der Waals surface area contributed by atoms with Gasteiger partial charge in [0.2, 0.25) is 0 Å². The van der Waals surface area contributed by atoms with Crippen LogP contribution < -0.4 is 4.74 Å². The monoisotopic (exact) mass is 389 g/mol. The lowest BCUT2D eigenvalue weighted by Gasteiger charge is -2.39. The van der Waals surface area contributed by atoms with Gasteiger partial charge in [-0.05, 0) is 41.3 Å². The summed E-state index contributed by atoms with van der Waals surface area (Å²) in [5.74, 6) is -0.299. The van der Waals surface area contributed by atoms with Crippen molar-refractivity contribution < 1.29 is 19.4 Å². The molecule has 0 atom stereocenters. The van der Waals surface area contributed by atoms with Crippen molar-refractivity contribution >= 4 is 22.6 Å². The van der Waals surface area contributed by atoms with Crippen LogP contribution in [0, 0.1) is 0 Å². The Labute approximate surface area is 169 Å². The Kier molecular flexibility index (Phi) is 5.21. The van der Waals surface area contributed by atoms with E-state index in [1.807, 2.05) is 72.8 Å². The van der Waals surface area contributed by atoms with Gasteiger partial charge in [-0.2, -0.15) is 0 Å². The average Bonchev–Trinajstić information content (AvgIpc) is 2.78. The maximum absolute atomic E-state index is 12.6. The summed E-state index contributed by atoms with van der Waals surface area (Å²) in [6.45, 7) is 0.756. The molecule has 1 amide bonds. The third-order valence-electron chi connectivity index (χ3n) is 5.79. The van der Waals surface area contributed by atoms with Gasteiger partial charge in [0, 0.05) is 13.1 Å². The second kappa shape index (κ2) is 7.95. The van der Waals surface area contributed by atoms with Crippen molar-refractivity contribution in [1.82, 2.24) is 4.90 Å². The van der Waals surface area contributed by atoms with Gasteiger partial charge in [-0.15, -0.1) is 0 Å².